The quantitative estimate of drug-likeness (QED) is 0.910. The number of rotatable bonds is 4. The van der Waals surface area contributed by atoms with Gasteiger partial charge in [0.25, 0.3) is 0 Å². The lowest BCUT2D eigenvalue weighted by atomic mass is 10.1. The molecule has 0 bridgehead atoms. The molecular formula is C13H23N3O3S. The Kier molecular flexibility index (Phi) is 4.49. The molecule has 1 N–H and O–H groups in total. The first-order valence-electron chi connectivity index (χ1n) is 7.07. The van der Waals surface area contributed by atoms with Gasteiger partial charge in [-0.3, -0.25) is 0 Å². The van der Waals surface area contributed by atoms with E-state index in [1.807, 2.05) is 0 Å². The second-order valence-electron chi connectivity index (χ2n) is 6.31. The molecular weight excluding hydrogens is 278 g/mol. The largest absolute Gasteiger partial charge is 0.424 e. The molecule has 1 aromatic heterocycles. The van der Waals surface area contributed by atoms with Gasteiger partial charge in [-0.25, -0.2) is 8.42 Å². The molecule has 2 heterocycles. The minimum absolute atomic E-state index is 0.0373. The van der Waals surface area contributed by atoms with Crippen LogP contribution in [0.15, 0.2) is 4.42 Å². The van der Waals surface area contributed by atoms with E-state index in [9.17, 15) is 8.42 Å². The molecule has 114 valence electrons. The average Bonchev–Trinajstić information content (AvgIpc) is 2.75. The van der Waals surface area contributed by atoms with Gasteiger partial charge in [0.2, 0.25) is 11.8 Å². The molecule has 0 aromatic carbocycles. The predicted octanol–water partition coefficient (Wildman–Crippen LogP) is 1.64. The average molecular weight is 301 g/mol. The van der Waals surface area contributed by atoms with Gasteiger partial charge in [-0.2, -0.15) is 0 Å². The standard InChI is InChI=1S/C13H23N3O3S/c1-13(2,3)14-8-7-11-15-16-12(19-11)10-6-4-5-9-20(10,17)18/h10,14H,4-9H2,1-3H3. The van der Waals surface area contributed by atoms with Gasteiger partial charge in [0.15, 0.2) is 9.84 Å². The molecule has 1 fully saturated rings. The van der Waals surface area contributed by atoms with Crippen molar-refractivity contribution in [3.63, 3.8) is 0 Å². The van der Waals surface area contributed by atoms with Crippen LogP contribution in [-0.4, -0.2) is 36.5 Å². The van der Waals surface area contributed by atoms with Crippen LogP contribution in [0.1, 0.15) is 57.1 Å². The Labute approximate surface area is 120 Å². The van der Waals surface area contributed by atoms with Gasteiger partial charge in [-0.1, -0.05) is 6.42 Å². The summed E-state index contributed by atoms with van der Waals surface area (Å²) < 4.78 is 29.5. The van der Waals surface area contributed by atoms with Crippen LogP contribution in [-0.2, 0) is 16.3 Å². The minimum atomic E-state index is -3.12. The Balaban J connectivity index is 1.98. The zero-order chi connectivity index (χ0) is 14.8. The summed E-state index contributed by atoms with van der Waals surface area (Å²) in [5.41, 5.74) is 0.0373. The van der Waals surface area contributed by atoms with Gasteiger partial charge in [0, 0.05) is 18.5 Å². The zero-order valence-electron chi connectivity index (χ0n) is 12.3. The van der Waals surface area contributed by atoms with E-state index in [1.54, 1.807) is 0 Å². The Hall–Kier alpha value is -0.950. The molecule has 0 spiro atoms. The van der Waals surface area contributed by atoms with Gasteiger partial charge in [-0.15, -0.1) is 10.2 Å². The third kappa shape index (κ3) is 4.02. The first-order valence-corrected chi connectivity index (χ1v) is 8.78. The summed E-state index contributed by atoms with van der Waals surface area (Å²) in [6.07, 6.45) is 2.82. The van der Waals surface area contributed by atoms with Crippen molar-refractivity contribution in [1.29, 1.82) is 0 Å². The Bertz CT molecular complexity index is 545. The van der Waals surface area contributed by atoms with Crippen molar-refractivity contribution in [3.8, 4) is 0 Å². The first-order chi connectivity index (χ1) is 9.28. The second-order valence-corrected chi connectivity index (χ2v) is 8.62. The fourth-order valence-electron chi connectivity index (χ4n) is 2.27. The molecule has 1 unspecified atom stereocenters. The fourth-order valence-corrected chi connectivity index (χ4v) is 4.09. The van der Waals surface area contributed by atoms with Crippen LogP contribution in [0.2, 0.25) is 0 Å². The van der Waals surface area contributed by atoms with E-state index in [2.05, 4.69) is 36.3 Å². The topological polar surface area (TPSA) is 85.1 Å². The Morgan fingerprint density at radius 1 is 1.30 bits per heavy atom. The van der Waals surface area contributed by atoms with Crippen molar-refractivity contribution >= 4 is 9.84 Å². The molecule has 2 rings (SSSR count). The highest BCUT2D eigenvalue weighted by atomic mass is 32.2. The monoisotopic (exact) mass is 301 g/mol. The Morgan fingerprint density at radius 3 is 2.70 bits per heavy atom. The number of aromatic nitrogens is 2. The Morgan fingerprint density at radius 2 is 2.05 bits per heavy atom. The van der Waals surface area contributed by atoms with Crippen LogP contribution in [0, 0.1) is 0 Å². The molecule has 1 aliphatic rings. The van der Waals surface area contributed by atoms with E-state index in [4.69, 9.17) is 4.42 Å². The van der Waals surface area contributed by atoms with E-state index in [0.717, 1.165) is 19.4 Å². The molecule has 7 heteroatoms. The summed E-state index contributed by atoms with van der Waals surface area (Å²) in [7, 11) is -3.12. The molecule has 0 amide bonds. The lowest BCUT2D eigenvalue weighted by Gasteiger charge is -2.19. The van der Waals surface area contributed by atoms with E-state index < -0.39 is 15.1 Å². The van der Waals surface area contributed by atoms with Crippen LogP contribution in [0.4, 0.5) is 0 Å². The molecule has 1 aromatic rings. The summed E-state index contributed by atoms with van der Waals surface area (Å²) in [5.74, 6) is 0.981. The molecule has 1 saturated heterocycles. The highest BCUT2D eigenvalue weighted by Crippen LogP contribution is 2.32. The maximum Gasteiger partial charge on any atom is 0.234 e. The number of nitrogens with zero attached hydrogens (tertiary/aromatic N) is 2. The molecule has 0 radical (unpaired) electrons. The van der Waals surface area contributed by atoms with Gasteiger partial charge >= 0.3 is 0 Å². The number of hydrogen-bond acceptors (Lipinski definition) is 6. The normalized spacial score (nSPS) is 22.9. The van der Waals surface area contributed by atoms with E-state index in [-0.39, 0.29) is 17.2 Å². The molecule has 0 saturated carbocycles. The van der Waals surface area contributed by atoms with Crippen molar-refractivity contribution < 1.29 is 12.8 Å². The molecule has 20 heavy (non-hydrogen) atoms. The minimum Gasteiger partial charge on any atom is -0.424 e. The number of hydrogen-bond donors (Lipinski definition) is 1. The molecule has 1 atom stereocenters. The van der Waals surface area contributed by atoms with Gasteiger partial charge < -0.3 is 9.73 Å². The number of nitrogens with one attached hydrogen (secondary N) is 1. The highest BCUT2D eigenvalue weighted by Gasteiger charge is 2.34. The summed E-state index contributed by atoms with van der Waals surface area (Å²) in [6, 6.07) is 0. The number of sulfone groups is 1. The summed E-state index contributed by atoms with van der Waals surface area (Å²) in [6.45, 7) is 6.98. The molecule has 6 nitrogen and oxygen atoms in total. The lowest BCUT2D eigenvalue weighted by molar-refractivity contribution is 0.394. The van der Waals surface area contributed by atoms with Crippen LogP contribution >= 0.6 is 0 Å². The van der Waals surface area contributed by atoms with Crippen LogP contribution in [0.25, 0.3) is 0 Å². The second kappa shape index (κ2) is 5.81. The van der Waals surface area contributed by atoms with Crippen molar-refractivity contribution in [2.75, 3.05) is 12.3 Å². The molecule has 0 aliphatic carbocycles. The van der Waals surface area contributed by atoms with Gasteiger partial charge in [0.05, 0.1) is 5.75 Å². The summed E-state index contributed by atoms with van der Waals surface area (Å²) >= 11 is 0. The lowest BCUT2D eigenvalue weighted by Crippen LogP contribution is -2.37. The van der Waals surface area contributed by atoms with E-state index in [1.165, 1.54) is 0 Å². The van der Waals surface area contributed by atoms with Crippen molar-refractivity contribution in [3.05, 3.63) is 11.8 Å². The van der Waals surface area contributed by atoms with E-state index >= 15 is 0 Å². The van der Waals surface area contributed by atoms with Crippen LogP contribution < -0.4 is 5.32 Å². The van der Waals surface area contributed by atoms with Gasteiger partial charge in [-0.05, 0) is 33.6 Å². The SMILES string of the molecule is CC(C)(C)NCCc1nnc(C2CCCCS2(=O)=O)o1. The van der Waals surface area contributed by atoms with Gasteiger partial charge in [0.1, 0.15) is 5.25 Å². The maximum absolute atomic E-state index is 12.0. The summed E-state index contributed by atoms with van der Waals surface area (Å²) in [5, 5.41) is 10.6. The smallest absolute Gasteiger partial charge is 0.234 e. The highest BCUT2D eigenvalue weighted by molar-refractivity contribution is 7.91. The van der Waals surface area contributed by atoms with E-state index in [0.29, 0.717) is 18.7 Å². The predicted molar refractivity (Wildman–Crippen MR) is 76.1 cm³/mol. The van der Waals surface area contributed by atoms with Crippen molar-refractivity contribution in [1.82, 2.24) is 15.5 Å². The summed E-state index contributed by atoms with van der Waals surface area (Å²) in [4.78, 5) is 0. The van der Waals surface area contributed by atoms with Crippen LogP contribution in [0.5, 0.6) is 0 Å². The zero-order valence-corrected chi connectivity index (χ0v) is 13.2. The fraction of sp³-hybridized carbons (Fsp3) is 0.846. The molecule has 1 aliphatic heterocycles. The van der Waals surface area contributed by atoms with Crippen LogP contribution in [0.3, 0.4) is 0 Å². The van der Waals surface area contributed by atoms with Crippen molar-refractivity contribution in [2.24, 2.45) is 0 Å². The van der Waals surface area contributed by atoms with Crippen molar-refractivity contribution in [2.45, 2.75) is 57.2 Å². The first kappa shape index (κ1) is 15.4. The third-order valence-corrected chi connectivity index (χ3v) is 5.49. The maximum atomic E-state index is 12.0. The third-order valence-electron chi connectivity index (χ3n) is 3.33.